The summed E-state index contributed by atoms with van der Waals surface area (Å²) < 4.78 is 1.94. The van der Waals surface area contributed by atoms with Crippen LogP contribution in [0.15, 0.2) is 18.5 Å². The van der Waals surface area contributed by atoms with Crippen molar-refractivity contribution in [3.63, 3.8) is 0 Å². The summed E-state index contributed by atoms with van der Waals surface area (Å²) >= 11 is 3.46. The van der Waals surface area contributed by atoms with E-state index in [2.05, 4.69) is 40.2 Å². The molecule has 1 N–H and O–H groups in total. The van der Waals surface area contributed by atoms with Crippen LogP contribution in [0.25, 0.3) is 0 Å². The highest BCUT2D eigenvalue weighted by atomic mass is 79.9. The third-order valence-corrected chi connectivity index (χ3v) is 2.62. The Morgan fingerprint density at radius 3 is 2.86 bits per heavy atom. The van der Waals surface area contributed by atoms with Gasteiger partial charge in [-0.2, -0.15) is 5.10 Å². The van der Waals surface area contributed by atoms with E-state index in [1.54, 1.807) is 0 Å². The molecule has 14 heavy (non-hydrogen) atoms. The van der Waals surface area contributed by atoms with Crippen LogP contribution in [0.1, 0.15) is 20.3 Å². The molecule has 0 atom stereocenters. The van der Waals surface area contributed by atoms with Crippen molar-refractivity contribution in [3.8, 4) is 0 Å². The summed E-state index contributed by atoms with van der Waals surface area (Å²) in [4.78, 5) is 0. The summed E-state index contributed by atoms with van der Waals surface area (Å²) in [5.41, 5.74) is 0.205. The van der Waals surface area contributed by atoms with Crippen LogP contribution in [0.2, 0.25) is 0 Å². The molecule has 1 aromatic rings. The molecule has 0 fully saturated rings. The van der Waals surface area contributed by atoms with Crippen LogP contribution < -0.4 is 5.32 Å². The second-order valence-electron chi connectivity index (χ2n) is 4.02. The van der Waals surface area contributed by atoms with Crippen molar-refractivity contribution in [1.82, 2.24) is 15.1 Å². The molecule has 0 aliphatic heterocycles. The van der Waals surface area contributed by atoms with E-state index in [1.165, 1.54) is 0 Å². The molecule has 0 saturated heterocycles. The zero-order valence-corrected chi connectivity index (χ0v) is 10.4. The smallest absolute Gasteiger partial charge is 0.0534 e. The second kappa shape index (κ2) is 5.51. The lowest BCUT2D eigenvalue weighted by molar-refractivity contribution is 0.366. The van der Waals surface area contributed by atoms with Gasteiger partial charge >= 0.3 is 0 Å². The van der Waals surface area contributed by atoms with E-state index in [9.17, 15) is 0 Å². The quantitative estimate of drug-likeness (QED) is 0.793. The molecule has 1 rings (SSSR count). The van der Waals surface area contributed by atoms with Crippen molar-refractivity contribution < 1.29 is 0 Å². The molecular formula is C10H18BrN3. The average molecular weight is 260 g/mol. The number of nitrogens with zero attached hydrogens (tertiary/aromatic N) is 2. The zero-order valence-electron chi connectivity index (χ0n) is 8.83. The minimum atomic E-state index is 0.205. The Kier molecular flexibility index (Phi) is 4.62. The number of alkyl halides is 1. The fourth-order valence-electron chi connectivity index (χ4n) is 1.27. The van der Waals surface area contributed by atoms with Crippen LogP contribution in [-0.2, 0) is 6.54 Å². The fourth-order valence-corrected chi connectivity index (χ4v) is 2.26. The van der Waals surface area contributed by atoms with Crippen LogP contribution in [0.5, 0.6) is 0 Å². The standard InChI is InChI=1S/C10H18BrN3/c1-10(2,4-5-11)12-7-9-14-8-3-6-13-14/h3,6,8,12H,4-5,7,9H2,1-2H3. The Morgan fingerprint density at radius 1 is 1.50 bits per heavy atom. The van der Waals surface area contributed by atoms with Gasteiger partial charge < -0.3 is 5.32 Å². The van der Waals surface area contributed by atoms with E-state index in [4.69, 9.17) is 0 Å². The normalized spacial score (nSPS) is 11.9. The molecule has 0 spiro atoms. The molecule has 0 amide bonds. The van der Waals surface area contributed by atoms with Gasteiger partial charge in [0, 0.05) is 29.8 Å². The second-order valence-corrected chi connectivity index (χ2v) is 4.81. The van der Waals surface area contributed by atoms with Gasteiger partial charge in [0.1, 0.15) is 0 Å². The fraction of sp³-hybridized carbons (Fsp3) is 0.700. The Balaban J connectivity index is 2.20. The highest BCUT2D eigenvalue weighted by molar-refractivity contribution is 9.09. The Bertz CT molecular complexity index is 244. The van der Waals surface area contributed by atoms with Gasteiger partial charge in [-0.1, -0.05) is 15.9 Å². The Labute approximate surface area is 94.0 Å². The summed E-state index contributed by atoms with van der Waals surface area (Å²) in [5.74, 6) is 0. The summed E-state index contributed by atoms with van der Waals surface area (Å²) in [6, 6.07) is 1.95. The molecule has 0 bridgehead atoms. The maximum atomic E-state index is 4.15. The van der Waals surface area contributed by atoms with E-state index in [1.807, 2.05) is 23.1 Å². The molecule has 0 aliphatic carbocycles. The van der Waals surface area contributed by atoms with E-state index in [0.29, 0.717) is 0 Å². The molecule has 4 heteroatoms. The lowest BCUT2D eigenvalue weighted by Crippen LogP contribution is -2.41. The van der Waals surface area contributed by atoms with E-state index < -0.39 is 0 Å². The Morgan fingerprint density at radius 2 is 2.29 bits per heavy atom. The van der Waals surface area contributed by atoms with Crippen molar-refractivity contribution in [3.05, 3.63) is 18.5 Å². The summed E-state index contributed by atoms with van der Waals surface area (Å²) in [6.45, 7) is 6.33. The van der Waals surface area contributed by atoms with Crippen molar-refractivity contribution in [2.24, 2.45) is 0 Å². The van der Waals surface area contributed by atoms with Gasteiger partial charge in [-0.3, -0.25) is 4.68 Å². The number of aromatic nitrogens is 2. The zero-order chi connectivity index (χ0) is 10.4. The van der Waals surface area contributed by atoms with Gasteiger partial charge in [0.05, 0.1) is 6.54 Å². The highest BCUT2D eigenvalue weighted by Gasteiger charge is 2.14. The largest absolute Gasteiger partial charge is 0.310 e. The van der Waals surface area contributed by atoms with E-state index in [-0.39, 0.29) is 5.54 Å². The Hall–Kier alpha value is -0.350. The molecule has 3 nitrogen and oxygen atoms in total. The predicted octanol–water partition coefficient (Wildman–Crippen LogP) is 2.04. The summed E-state index contributed by atoms with van der Waals surface area (Å²) in [5, 5.41) is 8.69. The minimum Gasteiger partial charge on any atom is -0.310 e. The van der Waals surface area contributed by atoms with Gasteiger partial charge in [-0.05, 0) is 26.3 Å². The van der Waals surface area contributed by atoms with Crippen molar-refractivity contribution in [2.45, 2.75) is 32.4 Å². The predicted molar refractivity (Wildman–Crippen MR) is 62.7 cm³/mol. The topological polar surface area (TPSA) is 29.9 Å². The van der Waals surface area contributed by atoms with Gasteiger partial charge in [0.15, 0.2) is 0 Å². The van der Waals surface area contributed by atoms with Crippen LogP contribution >= 0.6 is 15.9 Å². The first-order chi connectivity index (χ1) is 6.64. The molecule has 0 unspecified atom stereocenters. The molecule has 0 saturated carbocycles. The molecule has 80 valence electrons. The summed E-state index contributed by atoms with van der Waals surface area (Å²) in [7, 11) is 0. The number of halogens is 1. The first-order valence-corrected chi connectivity index (χ1v) is 6.05. The third-order valence-electron chi connectivity index (χ3n) is 2.22. The van der Waals surface area contributed by atoms with Crippen LogP contribution in [-0.4, -0.2) is 27.2 Å². The SMILES string of the molecule is CC(C)(CCBr)NCCn1cccn1. The monoisotopic (exact) mass is 259 g/mol. The molecule has 1 heterocycles. The van der Waals surface area contributed by atoms with Crippen LogP contribution in [0, 0.1) is 0 Å². The first kappa shape index (κ1) is 11.7. The van der Waals surface area contributed by atoms with Gasteiger partial charge in [-0.25, -0.2) is 0 Å². The molecule has 0 radical (unpaired) electrons. The van der Waals surface area contributed by atoms with Crippen LogP contribution in [0.3, 0.4) is 0 Å². The van der Waals surface area contributed by atoms with Gasteiger partial charge in [0.25, 0.3) is 0 Å². The van der Waals surface area contributed by atoms with Crippen molar-refractivity contribution in [2.75, 3.05) is 11.9 Å². The van der Waals surface area contributed by atoms with Crippen molar-refractivity contribution >= 4 is 15.9 Å². The lowest BCUT2D eigenvalue weighted by atomic mass is 10.0. The lowest BCUT2D eigenvalue weighted by Gasteiger charge is -2.25. The molecule has 0 aromatic carbocycles. The van der Waals surface area contributed by atoms with E-state index in [0.717, 1.165) is 24.8 Å². The summed E-state index contributed by atoms with van der Waals surface area (Å²) in [6.07, 6.45) is 4.93. The number of hydrogen-bond donors (Lipinski definition) is 1. The maximum Gasteiger partial charge on any atom is 0.0534 e. The maximum absolute atomic E-state index is 4.15. The molecule has 0 aliphatic rings. The molecular weight excluding hydrogens is 242 g/mol. The number of rotatable bonds is 6. The van der Waals surface area contributed by atoms with Crippen molar-refractivity contribution in [1.29, 1.82) is 0 Å². The molecule has 1 aromatic heterocycles. The number of nitrogens with one attached hydrogen (secondary N) is 1. The average Bonchev–Trinajstić information content (AvgIpc) is 2.56. The first-order valence-electron chi connectivity index (χ1n) is 4.92. The number of hydrogen-bond acceptors (Lipinski definition) is 2. The van der Waals surface area contributed by atoms with E-state index >= 15 is 0 Å². The highest BCUT2D eigenvalue weighted by Crippen LogP contribution is 2.09. The third kappa shape index (κ3) is 4.24. The van der Waals surface area contributed by atoms with Gasteiger partial charge in [-0.15, -0.1) is 0 Å². The minimum absolute atomic E-state index is 0.205. The van der Waals surface area contributed by atoms with Crippen LogP contribution in [0.4, 0.5) is 0 Å². The van der Waals surface area contributed by atoms with Gasteiger partial charge in [0.2, 0.25) is 0 Å².